The molecule has 6 nitrogen and oxygen atoms in total. The highest BCUT2D eigenvalue weighted by Gasteiger charge is 2.41. The summed E-state index contributed by atoms with van der Waals surface area (Å²) < 4.78 is 5.94. The van der Waals surface area contributed by atoms with Gasteiger partial charge in [-0.2, -0.15) is 0 Å². The summed E-state index contributed by atoms with van der Waals surface area (Å²) in [7, 11) is 0. The summed E-state index contributed by atoms with van der Waals surface area (Å²) in [6.45, 7) is 4.65. The van der Waals surface area contributed by atoms with E-state index in [2.05, 4.69) is 4.90 Å². The van der Waals surface area contributed by atoms with Crippen molar-refractivity contribution in [2.24, 2.45) is 5.92 Å². The first kappa shape index (κ1) is 25.2. The molecule has 0 saturated carbocycles. The number of aliphatic hydroxyl groups is 1. The molecule has 0 amide bonds. The number of hydrogen-bond acceptors (Lipinski definition) is 5. The van der Waals surface area contributed by atoms with Gasteiger partial charge in [-0.15, -0.1) is 0 Å². The van der Waals surface area contributed by atoms with Gasteiger partial charge in [0.1, 0.15) is 11.4 Å². The van der Waals surface area contributed by atoms with Gasteiger partial charge in [-0.05, 0) is 62.4 Å². The lowest BCUT2D eigenvalue weighted by molar-refractivity contribution is -0.384. The maximum atomic E-state index is 12.0. The van der Waals surface area contributed by atoms with Crippen LogP contribution in [0.1, 0.15) is 37.3 Å². The Bertz CT molecular complexity index is 1080. The van der Waals surface area contributed by atoms with Crippen LogP contribution in [0.25, 0.3) is 0 Å². The summed E-state index contributed by atoms with van der Waals surface area (Å²) in [6.07, 6.45) is 2.50. The lowest BCUT2D eigenvalue weighted by atomic mass is 9.72. The first-order valence-electron chi connectivity index (χ1n) is 12.0. The standard InChI is InChI=1S/C28H31ClN2O4/c1-21(35-27-13-12-25(31(33)34)20-26(27)29)14-17-30-18-15-24(16-19-30)28(32,22-8-4-2-5-9-22)23-10-6-3-7-11-23/h2-13,20-21,24,32H,14-19H2,1H3. The van der Waals surface area contributed by atoms with Gasteiger partial charge >= 0.3 is 0 Å². The van der Waals surface area contributed by atoms with Gasteiger partial charge < -0.3 is 14.7 Å². The quantitative estimate of drug-likeness (QED) is 0.289. The molecule has 4 rings (SSSR count). The van der Waals surface area contributed by atoms with Crippen molar-refractivity contribution in [1.29, 1.82) is 0 Å². The van der Waals surface area contributed by atoms with E-state index in [-0.39, 0.29) is 22.7 Å². The molecule has 3 aromatic carbocycles. The van der Waals surface area contributed by atoms with Crippen LogP contribution in [0.4, 0.5) is 5.69 Å². The number of ether oxygens (including phenoxy) is 1. The van der Waals surface area contributed by atoms with Crippen molar-refractivity contribution in [3.8, 4) is 5.75 Å². The van der Waals surface area contributed by atoms with Gasteiger partial charge in [0.2, 0.25) is 0 Å². The average molecular weight is 495 g/mol. The molecule has 0 spiro atoms. The topological polar surface area (TPSA) is 75.8 Å². The lowest BCUT2D eigenvalue weighted by Gasteiger charge is -2.42. The fraction of sp³-hybridized carbons (Fsp3) is 0.357. The van der Waals surface area contributed by atoms with E-state index in [4.69, 9.17) is 16.3 Å². The Labute approximate surface area is 211 Å². The molecule has 0 aliphatic carbocycles. The van der Waals surface area contributed by atoms with Crippen LogP contribution in [0.2, 0.25) is 5.02 Å². The summed E-state index contributed by atoms with van der Waals surface area (Å²) in [4.78, 5) is 12.8. The number of hydrogen-bond donors (Lipinski definition) is 1. The molecule has 1 aliphatic heterocycles. The lowest BCUT2D eigenvalue weighted by Crippen LogP contribution is -2.44. The number of nitro benzene ring substituents is 1. The largest absolute Gasteiger partial charge is 0.489 e. The summed E-state index contributed by atoms with van der Waals surface area (Å²) in [5, 5.41) is 23.2. The van der Waals surface area contributed by atoms with E-state index in [0.717, 1.165) is 50.0 Å². The highest BCUT2D eigenvalue weighted by atomic mass is 35.5. The molecule has 1 fully saturated rings. The first-order valence-corrected chi connectivity index (χ1v) is 12.4. The zero-order valence-corrected chi connectivity index (χ0v) is 20.6. The van der Waals surface area contributed by atoms with Gasteiger partial charge in [-0.1, -0.05) is 72.3 Å². The maximum Gasteiger partial charge on any atom is 0.271 e. The Morgan fingerprint density at radius 2 is 1.63 bits per heavy atom. The fourth-order valence-corrected chi connectivity index (χ4v) is 5.16. The number of non-ortho nitro benzene ring substituents is 1. The van der Waals surface area contributed by atoms with E-state index < -0.39 is 10.5 Å². The van der Waals surface area contributed by atoms with E-state index in [1.807, 2.05) is 67.6 Å². The number of nitro groups is 1. The van der Waals surface area contributed by atoms with Gasteiger partial charge in [-0.3, -0.25) is 10.1 Å². The second-order valence-corrected chi connectivity index (χ2v) is 9.61. The van der Waals surface area contributed by atoms with Crippen molar-refractivity contribution in [3.05, 3.63) is 105 Å². The van der Waals surface area contributed by atoms with Crippen LogP contribution in [0.3, 0.4) is 0 Å². The molecule has 1 heterocycles. The first-order chi connectivity index (χ1) is 16.9. The minimum atomic E-state index is -1.02. The predicted molar refractivity (Wildman–Crippen MR) is 138 cm³/mol. The Hall–Kier alpha value is -2.93. The summed E-state index contributed by atoms with van der Waals surface area (Å²) in [6, 6.07) is 24.2. The van der Waals surface area contributed by atoms with Gasteiger partial charge in [0, 0.05) is 18.7 Å². The highest BCUT2D eigenvalue weighted by Crippen LogP contribution is 2.42. The van der Waals surface area contributed by atoms with Crippen LogP contribution in [0.5, 0.6) is 5.75 Å². The van der Waals surface area contributed by atoms with E-state index in [0.29, 0.717) is 5.75 Å². The minimum absolute atomic E-state index is 0.0520. The smallest absolute Gasteiger partial charge is 0.271 e. The zero-order valence-electron chi connectivity index (χ0n) is 19.8. The van der Waals surface area contributed by atoms with E-state index in [1.54, 1.807) is 6.07 Å². The van der Waals surface area contributed by atoms with E-state index in [9.17, 15) is 15.2 Å². The Kier molecular flexibility index (Phi) is 8.06. The Morgan fingerprint density at radius 3 is 2.14 bits per heavy atom. The molecule has 1 unspecified atom stereocenters. The molecule has 184 valence electrons. The van der Waals surface area contributed by atoms with E-state index in [1.165, 1.54) is 12.1 Å². The predicted octanol–water partition coefficient (Wildman–Crippen LogP) is 6.05. The maximum absolute atomic E-state index is 12.0. The minimum Gasteiger partial charge on any atom is -0.489 e. The van der Waals surface area contributed by atoms with Gasteiger partial charge in [0.05, 0.1) is 16.0 Å². The number of rotatable bonds is 9. The number of likely N-dealkylation sites (tertiary alicyclic amines) is 1. The van der Waals surface area contributed by atoms with Crippen LogP contribution in [0.15, 0.2) is 78.9 Å². The molecule has 0 radical (unpaired) electrons. The molecule has 35 heavy (non-hydrogen) atoms. The molecule has 1 N–H and O–H groups in total. The molecule has 1 saturated heterocycles. The third-order valence-corrected chi connectivity index (χ3v) is 7.21. The Balaban J connectivity index is 1.34. The van der Waals surface area contributed by atoms with Crippen molar-refractivity contribution in [1.82, 2.24) is 4.90 Å². The van der Waals surface area contributed by atoms with Gasteiger partial charge in [0.15, 0.2) is 0 Å². The normalized spacial score (nSPS) is 16.1. The zero-order chi connectivity index (χ0) is 24.8. The number of halogens is 1. The van der Waals surface area contributed by atoms with Crippen LogP contribution >= 0.6 is 11.6 Å². The SMILES string of the molecule is CC(CCN1CCC(C(O)(c2ccccc2)c2ccccc2)CC1)Oc1ccc([N+](=O)[O-])cc1Cl. The summed E-state index contributed by atoms with van der Waals surface area (Å²) in [5.41, 5.74) is 0.805. The van der Waals surface area contributed by atoms with Crippen LogP contribution in [0, 0.1) is 16.0 Å². The fourth-order valence-electron chi connectivity index (χ4n) is 4.94. The third kappa shape index (κ3) is 5.84. The number of piperidine rings is 1. The van der Waals surface area contributed by atoms with Crippen molar-refractivity contribution >= 4 is 17.3 Å². The molecule has 1 aliphatic rings. The van der Waals surface area contributed by atoms with Gasteiger partial charge in [0.25, 0.3) is 5.69 Å². The highest BCUT2D eigenvalue weighted by molar-refractivity contribution is 6.32. The second kappa shape index (κ2) is 11.2. The molecule has 3 aromatic rings. The molecule has 0 aromatic heterocycles. The van der Waals surface area contributed by atoms with Crippen LogP contribution in [-0.2, 0) is 5.60 Å². The monoisotopic (exact) mass is 494 g/mol. The van der Waals surface area contributed by atoms with E-state index >= 15 is 0 Å². The molecular weight excluding hydrogens is 464 g/mol. The Morgan fingerprint density at radius 1 is 1.06 bits per heavy atom. The molecule has 1 atom stereocenters. The number of benzene rings is 3. The van der Waals surface area contributed by atoms with Crippen molar-refractivity contribution in [2.75, 3.05) is 19.6 Å². The summed E-state index contributed by atoms with van der Waals surface area (Å²) >= 11 is 6.16. The third-order valence-electron chi connectivity index (χ3n) is 6.91. The number of nitrogens with zero attached hydrogens (tertiary/aromatic N) is 2. The van der Waals surface area contributed by atoms with Crippen molar-refractivity contribution in [2.45, 2.75) is 37.9 Å². The van der Waals surface area contributed by atoms with Crippen LogP contribution in [-0.4, -0.2) is 40.7 Å². The van der Waals surface area contributed by atoms with Crippen molar-refractivity contribution < 1.29 is 14.8 Å². The second-order valence-electron chi connectivity index (χ2n) is 9.20. The van der Waals surface area contributed by atoms with Crippen LogP contribution < -0.4 is 4.74 Å². The molecular formula is C28H31ClN2O4. The average Bonchev–Trinajstić information content (AvgIpc) is 2.89. The molecule has 7 heteroatoms. The van der Waals surface area contributed by atoms with Crippen molar-refractivity contribution in [3.63, 3.8) is 0 Å². The summed E-state index contributed by atoms with van der Waals surface area (Å²) in [5.74, 6) is 0.579. The van der Waals surface area contributed by atoms with Gasteiger partial charge in [-0.25, -0.2) is 0 Å². The molecule has 0 bridgehead atoms.